The monoisotopic (exact) mass is 399 g/mol. The highest BCUT2D eigenvalue weighted by Crippen LogP contribution is 2.38. The van der Waals surface area contributed by atoms with Crippen molar-refractivity contribution in [3.05, 3.63) is 24.8 Å². The molecule has 8 heteroatoms. The Morgan fingerprint density at radius 2 is 1.93 bits per heavy atom. The number of primary amides is 1. The van der Waals surface area contributed by atoms with Crippen molar-refractivity contribution >= 4 is 22.8 Å². The molecule has 0 aliphatic heterocycles. The number of amides is 1. The molecule has 1 atom stereocenters. The maximum Gasteiger partial charge on any atom is 0.219 e. The molecular formula is C21H33N7O. The van der Waals surface area contributed by atoms with Crippen molar-refractivity contribution in [3.8, 4) is 11.3 Å². The summed E-state index contributed by atoms with van der Waals surface area (Å²) in [5, 5.41) is 5.38. The van der Waals surface area contributed by atoms with Gasteiger partial charge in [-0.15, -0.1) is 0 Å². The van der Waals surface area contributed by atoms with E-state index in [9.17, 15) is 4.79 Å². The minimum atomic E-state index is -0.317. The first-order valence-corrected chi connectivity index (χ1v) is 10.5. The summed E-state index contributed by atoms with van der Waals surface area (Å²) < 4.78 is 1.81. The first-order chi connectivity index (χ1) is 14.1. The number of nitrogens with two attached hydrogens (primary N) is 2. The maximum atomic E-state index is 11.6. The molecule has 29 heavy (non-hydrogen) atoms. The predicted octanol–water partition coefficient (Wildman–Crippen LogP) is 4.06. The maximum absolute atomic E-state index is 11.6. The van der Waals surface area contributed by atoms with E-state index in [4.69, 9.17) is 11.5 Å². The van der Waals surface area contributed by atoms with E-state index in [1.165, 1.54) is 19.2 Å². The van der Waals surface area contributed by atoms with E-state index in [0.29, 0.717) is 11.7 Å². The molecular weight excluding hydrogens is 366 g/mol. The molecule has 0 aromatic carbocycles. The SMILES string of the molecule is CC.CC.NC(=O)CC(C1CCCC1)n1cc(-c2ncnc3[nH]ccc23)c(N)n1. The summed E-state index contributed by atoms with van der Waals surface area (Å²) in [6.45, 7) is 8.00. The number of nitrogens with zero attached hydrogens (tertiary/aromatic N) is 4. The van der Waals surface area contributed by atoms with Crippen LogP contribution in [-0.2, 0) is 4.79 Å². The van der Waals surface area contributed by atoms with Gasteiger partial charge in [-0.2, -0.15) is 5.10 Å². The Labute approximate surface area is 172 Å². The van der Waals surface area contributed by atoms with E-state index < -0.39 is 0 Å². The molecule has 8 nitrogen and oxygen atoms in total. The number of nitrogen functional groups attached to an aromatic ring is 1. The van der Waals surface area contributed by atoms with Gasteiger partial charge in [-0.1, -0.05) is 40.5 Å². The zero-order chi connectivity index (χ0) is 21.4. The predicted molar refractivity (Wildman–Crippen MR) is 117 cm³/mol. The normalized spacial score (nSPS) is 14.6. The number of hydrogen-bond acceptors (Lipinski definition) is 5. The third-order valence-corrected chi connectivity index (χ3v) is 5.06. The van der Waals surface area contributed by atoms with Crippen molar-refractivity contribution < 1.29 is 4.79 Å². The zero-order valence-corrected chi connectivity index (χ0v) is 17.9. The molecule has 5 N–H and O–H groups in total. The second kappa shape index (κ2) is 10.6. The molecule has 3 aromatic heterocycles. The molecule has 1 amide bonds. The van der Waals surface area contributed by atoms with Gasteiger partial charge in [0.1, 0.15) is 12.0 Å². The summed E-state index contributed by atoms with van der Waals surface area (Å²) >= 11 is 0. The van der Waals surface area contributed by atoms with Crippen LogP contribution in [0.4, 0.5) is 5.82 Å². The van der Waals surface area contributed by atoms with Crippen LogP contribution in [-0.4, -0.2) is 30.6 Å². The largest absolute Gasteiger partial charge is 0.382 e. The molecule has 4 rings (SSSR count). The Morgan fingerprint density at radius 1 is 1.24 bits per heavy atom. The van der Waals surface area contributed by atoms with Gasteiger partial charge in [0.15, 0.2) is 5.82 Å². The summed E-state index contributed by atoms with van der Waals surface area (Å²) in [5.74, 6) is 0.480. The highest BCUT2D eigenvalue weighted by atomic mass is 16.1. The number of nitrogens with one attached hydrogen (secondary N) is 1. The van der Waals surface area contributed by atoms with Crippen LogP contribution < -0.4 is 11.5 Å². The van der Waals surface area contributed by atoms with Gasteiger partial charge in [-0.25, -0.2) is 9.97 Å². The van der Waals surface area contributed by atoms with E-state index in [-0.39, 0.29) is 18.4 Å². The van der Waals surface area contributed by atoms with Crippen LogP contribution in [0.25, 0.3) is 22.3 Å². The Bertz CT molecular complexity index is 909. The number of carbonyl (C=O) groups is 1. The van der Waals surface area contributed by atoms with Crippen molar-refractivity contribution in [2.75, 3.05) is 5.73 Å². The molecule has 158 valence electrons. The number of aromatic nitrogens is 5. The minimum absolute atomic E-state index is 0.0559. The fraction of sp³-hybridized carbons (Fsp3) is 0.524. The fourth-order valence-corrected chi connectivity index (χ4v) is 3.87. The second-order valence-corrected chi connectivity index (χ2v) is 6.65. The van der Waals surface area contributed by atoms with Crippen LogP contribution in [0.3, 0.4) is 0 Å². The second-order valence-electron chi connectivity index (χ2n) is 6.65. The van der Waals surface area contributed by atoms with Gasteiger partial charge in [-0.3, -0.25) is 9.48 Å². The van der Waals surface area contributed by atoms with Crippen molar-refractivity contribution in [1.29, 1.82) is 0 Å². The minimum Gasteiger partial charge on any atom is -0.382 e. The van der Waals surface area contributed by atoms with Crippen LogP contribution in [0.5, 0.6) is 0 Å². The lowest BCUT2D eigenvalue weighted by Crippen LogP contribution is -2.25. The van der Waals surface area contributed by atoms with Gasteiger partial charge in [-0.05, 0) is 24.8 Å². The average molecular weight is 400 g/mol. The van der Waals surface area contributed by atoms with Gasteiger partial charge < -0.3 is 16.5 Å². The summed E-state index contributed by atoms with van der Waals surface area (Å²) in [6.07, 6.45) is 10.0. The van der Waals surface area contributed by atoms with Gasteiger partial charge in [0.05, 0.1) is 17.3 Å². The van der Waals surface area contributed by atoms with Gasteiger partial charge in [0, 0.05) is 24.2 Å². The average Bonchev–Trinajstić information content (AvgIpc) is 3.49. The molecule has 3 heterocycles. The molecule has 1 saturated carbocycles. The molecule has 1 aliphatic rings. The highest BCUT2D eigenvalue weighted by molar-refractivity contribution is 5.92. The smallest absolute Gasteiger partial charge is 0.219 e. The Morgan fingerprint density at radius 3 is 2.59 bits per heavy atom. The number of fused-ring (bicyclic) bond motifs is 1. The van der Waals surface area contributed by atoms with Crippen LogP contribution in [0.2, 0.25) is 0 Å². The van der Waals surface area contributed by atoms with Gasteiger partial charge in [0.25, 0.3) is 0 Å². The van der Waals surface area contributed by atoms with Crippen molar-refractivity contribution in [2.24, 2.45) is 11.7 Å². The van der Waals surface area contributed by atoms with Crippen LogP contribution in [0, 0.1) is 5.92 Å². The Kier molecular flexibility index (Phi) is 8.18. The number of carbonyl (C=O) groups excluding carboxylic acids is 1. The molecule has 3 aromatic rings. The van der Waals surface area contributed by atoms with Gasteiger partial charge >= 0.3 is 0 Å². The first-order valence-electron chi connectivity index (χ1n) is 10.5. The third-order valence-electron chi connectivity index (χ3n) is 5.06. The lowest BCUT2D eigenvalue weighted by molar-refractivity contribution is -0.119. The molecule has 0 bridgehead atoms. The molecule has 0 saturated heterocycles. The molecule has 0 spiro atoms. The van der Waals surface area contributed by atoms with Crippen molar-refractivity contribution in [3.63, 3.8) is 0 Å². The number of hydrogen-bond donors (Lipinski definition) is 3. The lowest BCUT2D eigenvalue weighted by atomic mass is 9.95. The third kappa shape index (κ3) is 4.93. The first kappa shape index (κ1) is 22.4. The molecule has 0 radical (unpaired) electrons. The highest BCUT2D eigenvalue weighted by Gasteiger charge is 2.29. The number of anilines is 1. The summed E-state index contributed by atoms with van der Waals surface area (Å²) in [7, 11) is 0. The summed E-state index contributed by atoms with van der Waals surface area (Å²) in [6, 6.07) is 1.86. The topological polar surface area (TPSA) is 128 Å². The summed E-state index contributed by atoms with van der Waals surface area (Å²) in [4.78, 5) is 23.2. The van der Waals surface area contributed by atoms with Crippen molar-refractivity contribution in [1.82, 2.24) is 24.7 Å². The summed E-state index contributed by atoms with van der Waals surface area (Å²) in [5.41, 5.74) is 13.9. The standard InChI is InChI=1S/C17H21N7O.2C2H6/c18-14(25)7-13(10-3-1-2-4-10)24-8-12(16(19)23-24)15-11-5-6-20-17(11)22-9-21-15;2*1-2/h5-6,8-10,13H,1-4,7H2,(H2,18,25)(H2,19,23)(H,20,21,22);2*1-2H3. The zero-order valence-electron chi connectivity index (χ0n) is 17.9. The van der Waals surface area contributed by atoms with E-state index in [1.54, 1.807) is 0 Å². The van der Waals surface area contributed by atoms with E-state index >= 15 is 0 Å². The number of H-pyrrole nitrogens is 1. The molecule has 1 fully saturated rings. The van der Waals surface area contributed by atoms with Crippen LogP contribution >= 0.6 is 0 Å². The van der Waals surface area contributed by atoms with Crippen LogP contribution in [0.15, 0.2) is 24.8 Å². The Balaban J connectivity index is 0.000000707. The quantitative estimate of drug-likeness (QED) is 0.596. The Hall–Kier alpha value is -2.90. The van der Waals surface area contributed by atoms with E-state index in [2.05, 4.69) is 20.1 Å². The molecule has 1 aliphatic carbocycles. The number of rotatable bonds is 5. The van der Waals surface area contributed by atoms with E-state index in [0.717, 1.165) is 35.1 Å². The van der Waals surface area contributed by atoms with Crippen molar-refractivity contribution in [2.45, 2.75) is 65.8 Å². The van der Waals surface area contributed by atoms with E-state index in [1.807, 2.05) is 50.8 Å². The van der Waals surface area contributed by atoms with Gasteiger partial charge in [0.2, 0.25) is 5.91 Å². The van der Waals surface area contributed by atoms with Crippen LogP contribution in [0.1, 0.15) is 65.8 Å². The lowest BCUT2D eigenvalue weighted by Gasteiger charge is -2.22. The number of aromatic amines is 1. The fourth-order valence-electron chi connectivity index (χ4n) is 3.87. The molecule has 1 unspecified atom stereocenters.